The number of hydrogen-bond acceptors (Lipinski definition) is 4. The van der Waals surface area contributed by atoms with E-state index in [2.05, 4.69) is 15.3 Å². The number of aryl methyl sites for hydroxylation is 1. The van der Waals surface area contributed by atoms with E-state index in [4.69, 9.17) is 0 Å². The highest BCUT2D eigenvalue weighted by Gasteiger charge is 2.30. The Labute approximate surface area is 133 Å². The Bertz CT molecular complexity index is 565. The maximum Gasteiger partial charge on any atom is 0.390 e. The number of aromatic nitrogens is 2. The predicted molar refractivity (Wildman–Crippen MR) is 82.6 cm³/mol. The molecule has 0 radical (unpaired) electrons. The molecule has 1 saturated heterocycles. The summed E-state index contributed by atoms with van der Waals surface area (Å²) >= 11 is 0. The summed E-state index contributed by atoms with van der Waals surface area (Å²) < 4.78 is 38.2. The van der Waals surface area contributed by atoms with E-state index < -0.39 is 18.6 Å². The first-order valence-electron chi connectivity index (χ1n) is 7.83. The fourth-order valence-corrected chi connectivity index (χ4v) is 2.82. The molecule has 130 valence electrons. The van der Waals surface area contributed by atoms with Crippen molar-refractivity contribution in [2.45, 2.75) is 38.4 Å². The maximum atomic E-state index is 12.3. The molecule has 23 heavy (non-hydrogen) atoms. The molecule has 1 atom stereocenters. The number of alkyl halides is 3. The molecule has 1 aliphatic heterocycles. The number of rotatable bonds is 5. The predicted octanol–water partition coefficient (Wildman–Crippen LogP) is 1.93. The quantitative estimate of drug-likeness (QED) is 0.895. The summed E-state index contributed by atoms with van der Waals surface area (Å²) in [5.74, 6) is 0.362. The van der Waals surface area contributed by atoms with E-state index in [1.807, 2.05) is 0 Å². The third-order valence-electron chi connectivity index (χ3n) is 4.23. The SMILES string of the molecule is CC(CC(F)(F)F)NCC1CCN(c2cnn(C)c(=O)c2)CC1. The van der Waals surface area contributed by atoms with Gasteiger partial charge in [-0.25, -0.2) is 4.68 Å². The van der Waals surface area contributed by atoms with Crippen LogP contribution >= 0.6 is 0 Å². The summed E-state index contributed by atoms with van der Waals surface area (Å²) in [4.78, 5) is 13.7. The molecule has 0 aliphatic carbocycles. The first-order valence-corrected chi connectivity index (χ1v) is 7.83. The number of nitrogens with one attached hydrogen (secondary N) is 1. The molecule has 2 rings (SSSR count). The highest BCUT2D eigenvalue weighted by Crippen LogP contribution is 2.23. The topological polar surface area (TPSA) is 50.2 Å². The third-order valence-corrected chi connectivity index (χ3v) is 4.23. The molecule has 1 aromatic rings. The van der Waals surface area contributed by atoms with Crippen molar-refractivity contribution in [3.05, 3.63) is 22.6 Å². The van der Waals surface area contributed by atoms with E-state index in [0.717, 1.165) is 31.6 Å². The summed E-state index contributed by atoms with van der Waals surface area (Å²) in [7, 11) is 1.60. The average molecular weight is 332 g/mol. The average Bonchev–Trinajstić information content (AvgIpc) is 2.47. The maximum absolute atomic E-state index is 12.3. The minimum atomic E-state index is -4.12. The van der Waals surface area contributed by atoms with Gasteiger partial charge in [-0.15, -0.1) is 0 Å². The summed E-state index contributed by atoms with van der Waals surface area (Å²) in [5, 5.41) is 6.99. The standard InChI is InChI=1S/C15H23F3N4O/c1-11(8-15(16,17)18)19-9-12-3-5-22(6-4-12)13-7-14(23)21(2)20-10-13/h7,10-12,19H,3-6,8-9H2,1-2H3. The van der Waals surface area contributed by atoms with Gasteiger partial charge in [-0.3, -0.25) is 4.79 Å². The van der Waals surface area contributed by atoms with Gasteiger partial charge in [-0.2, -0.15) is 18.3 Å². The summed E-state index contributed by atoms with van der Waals surface area (Å²) in [6.07, 6.45) is -1.47. The molecule has 0 saturated carbocycles. The van der Waals surface area contributed by atoms with E-state index in [1.54, 1.807) is 26.2 Å². The zero-order chi connectivity index (χ0) is 17.0. The molecule has 0 bridgehead atoms. The molecule has 1 fully saturated rings. The Morgan fingerprint density at radius 1 is 1.39 bits per heavy atom. The molecule has 0 amide bonds. The van der Waals surface area contributed by atoms with Crippen LogP contribution in [0.15, 0.2) is 17.1 Å². The van der Waals surface area contributed by atoms with Gasteiger partial charge in [0.1, 0.15) is 0 Å². The molecule has 1 unspecified atom stereocenters. The highest BCUT2D eigenvalue weighted by atomic mass is 19.4. The lowest BCUT2D eigenvalue weighted by Crippen LogP contribution is -2.40. The second-order valence-corrected chi connectivity index (χ2v) is 6.23. The number of nitrogens with zero attached hydrogens (tertiary/aromatic N) is 3. The fraction of sp³-hybridized carbons (Fsp3) is 0.733. The monoisotopic (exact) mass is 332 g/mol. The van der Waals surface area contributed by atoms with E-state index in [9.17, 15) is 18.0 Å². The van der Waals surface area contributed by atoms with Crippen molar-refractivity contribution in [2.24, 2.45) is 13.0 Å². The van der Waals surface area contributed by atoms with Crippen molar-refractivity contribution >= 4 is 5.69 Å². The first-order chi connectivity index (χ1) is 10.7. The van der Waals surface area contributed by atoms with Crippen LogP contribution in [-0.2, 0) is 7.05 Å². The van der Waals surface area contributed by atoms with Gasteiger partial charge in [0, 0.05) is 32.2 Å². The van der Waals surface area contributed by atoms with Crippen LogP contribution in [0.2, 0.25) is 0 Å². The van der Waals surface area contributed by atoms with Crippen molar-refractivity contribution in [1.29, 1.82) is 0 Å². The van der Waals surface area contributed by atoms with E-state index >= 15 is 0 Å². The van der Waals surface area contributed by atoms with E-state index in [0.29, 0.717) is 12.5 Å². The van der Waals surface area contributed by atoms with Crippen LogP contribution in [0.4, 0.5) is 18.9 Å². The Hall–Kier alpha value is -1.57. The Kier molecular flexibility index (Phi) is 5.67. The molecule has 0 aromatic carbocycles. The van der Waals surface area contributed by atoms with Gasteiger partial charge in [-0.1, -0.05) is 0 Å². The summed E-state index contributed by atoms with van der Waals surface area (Å²) in [6, 6.07) is 1.01. The zero-order valence-corrected chi connectivity index (χ0v) is 13.4. The van der Waals surface area contributed by atoms with Gasteiger partial charge in [0.05, 0.1) is 18.3 Å². The number of hydrogen-bond donors (Lipinski definition) is 1. The lowest BCUT2D eigenvalue weighted by atomic mass is 9.96. The van der Waals surface area contributed by atoms with E-state index in [1.165, 1.54) is 4.68 Å². The fourth-order valence-electron chi connectivity index (χ4n) is 2.82. The summed E-state index contributed by atoms with van der Waals surface area (Å²) in [5.41, 5.74) is 0.664. The summed E-state index contributed by atoms with van der Waals surface area (Å²) in [6.45, 7) is 3.73. The molecule has 1 N–H and O–H groups in total. The van der Waals surface area contributed by atoms with Crippen molar-refractivity contribution < 1.29 is 13.2 Å². The normalized spacial score (nSPS) is 18.2. The van der Waals surface area contributed by atoms with Gasteiger partial charge in [0.15, 0.2) is 0 Å². The van der Waals surface area contributed by atoms with Gasteiger partial charge < -0.3 is 10.2 Å². The number of piperidine rings is 1. The van der Waals surface area contributed by atoms with Crippen molar-refractivity contribution in [1.82, 2.24) is 15.1 Å². The zero-order valence-electron chi connectivity index (χ0n) is 13.4. The lowest BCUT2D eigenvalue weighted by Gasteiger charge is -2.34. The second kappa shape index (κ2) is 7.33. The lowest BCUT2D eigenvalue weighted by molar-refractivity contribution is -0.139. The Morgan fingerprint density at radius 3 is 2.61 bits per heavy atom. The molecule has 5 nitrogen and oxygen atoms in total. The Morgan fingerprint density at radius 2 is 2.04 bits per heavy atom. The molecular weight excluding hydrogens is 309 g/mol. The van der Waals surface area contributed by atoms with Crippen molar-refractivity contribution in [2.75, 3.05) is 24.5 Å². The van der Waals surface area contributed by atoms with Crippen LogP contribution in [0, 0.1) is 5.92 Å². The largest absolute Gasteiger partial charge is 0.390 e. The van der Waals surface area contributed by atoms with Crippen LogP contribution in [0.5, 0.6) is 0 Å². The van der Waals surface area contributed by atoms with Crippen LogP contribution < -0.4 is 15.8 Å². The van der Waals surface area contributed by atoms with Gasteiger partial charge in [0.25, 0.3) is 5.56 Å². The third kappa shape index (κ3) is 5.53. The van der Waals surface area contributed by atoms with Crippen LogP contribution in [0.3, 0.4) is 0 Å². The van der Waals surface area contributed by atoms with Crippen LogP contribution in [0.1, 0.15) is 26.2 Å². The molecule has 1 aromatic heterocycles. The van der Waals surface area contributed by atoms with Gasteiger partial charge >= 0.3 is 6.18 Å². The molecule has 8 heteroatoms. The molecule has 2 heterocycles. The van der Waals surface area contributed by atoms with Crippen LogP contribution in [-0.4, -0.2) is 41.6 Å². The number of halogens is 3. The minimum absolute atomic E-state index is 0.146. The number of anilines is 1. The van der Waals surface area contributed by atoms with Gasteiger partial charge in [-0.05, 0) is 32.2 Å². The molecule has 0 spiro atoms. The minimum Gasteiger partial charge on any atom is -0.370 e. The van der Waals surface area contributed by atoms with Crippen molar-refractivity contribution in [3.63, 3.8) is 0 Å². The molecule has 1 aliphatic rings. The smallest absolute Gasteiger partial charge is 0.370 e. The Balaban J connectivity index is 1.77. The van der Waals surface area contributed by atoms with Gasteiger partial charge in [0.2, 0.25) is 0 Å². The van der Waals surface area contributed by atoms with E-state index in [-0.39, 0.29) is 5.56 Å². The molecular formula is C15H23F3N4O. The van der Waals surface area contributed by atoms with Crippen LogP contribution in [0.25, 0.3) is 0 Å². The second-order valence-electron chi connectivity index (χ2n) is 6.23. The highest BCUT2D eigenvalue weighted by molar-refractivity contribution is 5.43. The first kappa shape index (κ1) is 17.8. The van der Waals surface area contributed by atoms with Crippen molar-refractivity contribution in [3.8, 4) is 0 Å².